The molecular formula is C17H21N3O3S3. The topological polar surface area (TPSA) is 81.2 Å². The fraction of sp³-hybridized carbons (Fsp3) is 0.529. The Morgan fingerprint density at radius 3 is 2.77 bits per heavy atom. The molecule has 0 aromatic carbocycles. The lowest BCUT2D eigenvalue weighted by atomic mass is 9.96. The van der Waals surface area contributed by atoms with Gasteiger partial charge in [0, 0.05) is 10.9 Å². The van der Waals surface area contributed by atoms with E-state index < -0.39 is 5.97 Å². The van der Waals surface area contributed by atoms with Crippen LogP contribution in [-0.2, 0) is 9.53 Å². The quantitative estimate of drug-likeness (QED) is 0.396. The number of Topliss-reactive ketones (excluding diaryl/α,β-unsaturated/α-hetero) is 1. The van der Waals surface area contributed by atoms with Crippen LogP contribution in [0.25, 0.3) is 0 Å². The van der Waals surface area contributed by atoms with Crippen molar-refractivity contribution < 1.29 is 14.3 Å². The molecule has 2 aromatic heterocycles. The summed E-state index contributed by atoms with van der Waals surface area (Å²) in [6.07, 6.45) is 6.17. The van der Waals surface area contributed by atoms with E-state index in [9.17, 15) is 9.59 Å². The van der Waals surface area contributed by atoms with E-state index in [1.54, 1.807) is 6.07 Å². The number of rotatable bonds is 8. The third-order valence-corrected chi connectivity index (χ3v) is 7.04. The summed E-state index contributed by atoms with van der Waals surface area (Å²) < 4.78 is 5.78. The zero-order valence-corrected chi connectivity index (χ0v) is 17.0. The molecule has 0 saturated heterocycles. The SMILES string of the molecule is Cc1ccc(C(=O)COC(=O)CSc2nnc(NC3CCCCC3)s2)s1. The van der Waals surface area contributed by atoms with Gasteiger partial charge in [-0.15, -0.1) is 21.5 Å². The van der Waals surface area contributed by atoms with Gasteiger partial charge in [0.05, 0.1) is 10.6 Å². The third kappa shape index (κ3) is 5.78. The summed E-state index contributed by atoms with van der Waals surface area (Å²) in [5.74, 6) is -0.473. The maximum absolute atomic E-state index is 11.9. The number of ketones is 1. The van der Waals surface area contributed by atoms with E-state index in [0.717, 1.165) is 14.3 Å². The van der Waals surface area contributed by atoms with Crippen LogP contribution in [0.15, 0.2) is 16.5 Å². The van der Waals surface area contributed by atoms with Gasteiger partial charge in [-0.3, -0.25) is 9.59 Å². The number of thioether (sulfide) groups is 1. The molecule has 1 saturated carbocycles. The van der Waals surface area contributed by atoms with E-state index in [4.69, 9.17) is 4.74 Å². The van der Waals surface area contributed by atoms with E-state index in [2.05, 4.69) is 15.5 Å². The second-order valence-electron chi connectivity index (χ2n) is 6.14. The fourth-order valence-electron chi connectivity index (χ4n) is 2.71. The molecule has 1 fully saturated rings. The molecule has 0 unspecified atom stereocenters. The van der Waals surface area contributed by atoms with E-state index in [0.29, 0.717) is 10.9 Å². The van der Waals surface area contributed by atoms with Gasteiger partial charge in [0.1, 0.15) is 0 Å². The number of ether oxygens (including phenoxy) is 1. The molecule has 0 bridgehead atoms. The molecule has 1 aliphatic carbocycles. The molecule has 140 valence electrons. The molecule has 6 nitrogen and oxygen atoms in total. The smallest absolute Gasteiger partial charge is 0.316 e. The molecule has 0 atom stereocenters. The van der Waals surface area contributed by atoms with Crippen molar-refractivity contribution in [3.63, 3.8) is 0 Å². The number of nitrogens with zero attached hydrogens (tertiary/aromatic N) is 2. The summed E-state index contributed by atoms with van der Waals surface area (Å²) in [6, 6.07) is 4.11. The Kier molecular flexibility index (Phi) is 7.04. The summed E-state index contributed by atoms with van der Waals surface area (Å²) in [7, 11) is 0. The summed E-state index contributed by atoms with van der Waals surface area (Å²) in [5, 5.41) is 12.5. The van der Waals surface area contributed by atoms with Gasteiger partial charge in [0.25, 0.3) is 0 Å². The summed E-state index contributed by atoms with van der Waals surface area (Å²) in [4.78, 5) is 25.4. The first-order valence-electron chi connectivity index (χ1n) is 8.58. The van der Waals surface area contributed by atoms with Gasteiger partial charge in [-0.05, 0) is 31.9 Å². The molecule has 2 aromatic rings. The number of aryl methyl sites for hydroxylation is 1. The van der Waals surface area contributed by atoms with Crippen molar-refractivity contribution in [1.29, 1.82) is 0 Å². The largest absolute Gasteiger partial charge is 0.457 e. The van der Waals surface area contributed by atoms with Crippen LogP contribution in [0.1, 0.15) is 46.7 Å². The van der Waals surface area contributed by atoms with Gasteiger partial charge in [-0.2, -0.15) is 0 Å². The van der Waals surface area contributed by atoms with Gasteiger partial charge < -0.3 is 10.1 Å². The van der Waals surface area contributed by atoms with Gasteiger partial charge in [0.15, 0.2) is 10.9 Å². The van der Waals surface area contributed by atoms with Crippen LogP contribution in [0.3, 0.4) is 0 Å². The standard InChI is InChI=1S/C17H21N3O3S3/c1-11-7-8-14(25-11)13(21)9-23-15(22)10-24-17-20-19-16(26-17)18-12-5-3-2-4-6-12/h7-8,12H,2-6,9-10H2,1H3,(H,18,19). The van der Waals surface area contributed by atoms with Crippen LogP contribution >= 0.6 is 34.4 Å². The number of esters is 1. The van der Waals surface area contributed by atoms with Crippen molar-refractivity contribution in [2.24, 2.45) is 0 Å². The van der Waals surface area contributed by atoms with Crippen LogP contribution in [0.2, 0.25) is 0 Å². The Balaban J connectivity index is 1.38. The Labute approximate surface area is 164 Å². The van der Waals surface area contributed by atoms with Gasteiger partial charge >= 0.3 is 5.97 Å². The number of anilines is 1. The first-order valence-corrected chi connectivity index (χ1v) is 11.2. The number of hydrogen-bond acceptors (Lipinski definition) is 9. The zero-order valence-electron chi connectivity index (χ0n) is 14.5. The van der Waals surface area contributed by atoms with Gasteiger partial charge in [0.2, 0.25) is 10.9 Å². The maximum Gasteiger partial charge on any atom is 0.316 e. The number of thiophene rings is 1. The Hall–Kier alpha value is -1.45. The van der Waals surface area contributed by atoms with Crippen molar-refractivity contribution in [3.8, 4) is 0 Å². The fourth-order valence-corrected chi connectivity index (χ4v) is 5.13. The number of hydrogen-bond donors (Lipinski definition) is 1. The number of carbonyl (C=O) groups excluding carboxylic acids is 2. The third-order valence-electron chi connectivity index (χ3n) is 4.03. The average molecular weight is 412 g/mol. The van der Waals surface area contributed by atoms with E-state index in [-0.39, 0.29) is 18.1 Å². The minimum Gasteiger partial charge on any atom is -0.457 e. The van der Waals surface area contributed by atoms with E-state index >= 15 is 0 Å². The molecule has 1 N–H and O–H groups in total. The molecule has 0 radical (unpaired) electrons. The minimum absolute atomic E-state index is 0.120. The van der Waals surface area contributed by atoms with Crippen molar-refractivity contribution in [2.45, 2.75) is 49.4 Å². The van der Waals surface area contributed by atoms with Crippen LogP contribution < -0.4 is 5.32 Å². The Morgan fingerprint density at radius 2 is 2.04 bits per heavy atom. The first kappa shape index (κ1) is 19.3. The Morgan fingerprint density at radius 1 is 1.23 bits per heavy atom. The van der Waals surface area contributed by atoms with Gasteiger partial charge in [-0.1, -0.05) is 42.4 Å². The van der Waals surface area contributed by atoms with Crippen LogP contribution in [0.4, 0.5) is 5.13 Å². The molecular weight excluding hydrogens is 390 g/mol. The maximum atomic E-state index is 11.9. The van der Waals surface area contributed by atoms with Gasteiger partial charge in [-0.25, -0.2) is 0 Å². The lowest BCUT2D eigenvalue weighted by molar-refractivity contribution is -0.139. The van der Waals surface area contributed by atoms with Crippen molar-refractivity contribution >= 4 is 51.3 Å². The molecule has 2 heterocycles. The highest BCUT2D eigenvalue weighted by molar-refractivity contribution is 8.01. The summed E-state index contributed by atoms with van der Waals surface area (Å²) in [5.41, 5.74) is 0. The minimum atomic E-state index is -0.423. The molecule has 1 aliphatic rings. The van der Waals surface area contributed by atoms with E-state index in [1.807, 2.05) is 13.0 Å². The predicted octanol–water partition coefficient (Wildman–Crippen LogP) is 4.17. The molecule has 0 aliphatic heterocycles. The highest BCUT2D eigenvalue weighted by atomic mass is 32.2. The number of aromatic nitrogens is 2. The number of carbonyl (C=O) groups is 2. The normalized spacial score (nSPS) is 15.0. The van der Waals surface area contributed by atoms with Crippen LogP contribution in [0.5, 0.6) is 0 Å². The lowest BCUT2D eigenvalue weighted by Crippen LogP contribution is -2.21. The van der Waals surface area contributed by atoms with Crippen LogP contribution in [-0.4, -0.2) is 40.4 Å². The Bertz CT molecular complexity index is 753. The first-order chi connectivity index (χ1) is 12.6. The van der Waals surface area contributed by atoms with Crippen molar-refractivity contribution in [2.75, 3.05) is 17.7 Å². The van der Waals surface area contributed by atoms with Crippen molar-refractivity contribution in [3.05, 3.63) is 21.9 Å². The highest BCUT2D eigenvalue weighted by Crippen LogP contribution is 2.28. The zero-order chi connectivity index (χ0) is 18.4. The molecule has 9 heteroatoms. The highest BCUT2D eigenvalue weighted by Gasteiger charge is 2.16. The molecule has 26 heavy (non-hydrogen) atoms. The monoisotopic (exact) mass is 411 g/mol. The summed E-state index contributed by atoms with van der Waals surface area (Å²) in [6.45, 7) is 1.72. The van der Waals surface area contributed by atoms with Crippen molar-refractivity contribution in [1.82, 2.24) is 10.2 Å². The molecule has 0 amide bonds. The molecule has 0 spiro atoms. The molecule has 3 rings (SSSR count). The lowest BCUT2D eigenvalue weighted by Gasteiger charge is -2.21. The average Bonchev–Trinajstić information content (AvgIpc) is 3.28. The number of nitrogens with one attached hydrogen (secondary N) is 1. The second kappa shape index (κ2) is 9.48. The second-order valence-corrected chi connectivity index (χ2v) is 9.62. The van der Waals surface area contributed by atoms with Crippen LogP contribution in [0, 0.1) is 6.92 Å². The van der Waals surface area contributed by atoms with E-state index in [1.165, 1.54) is 66.5 Å². The predicted molar refractivity (Wildman–Crippen MR) is 105 cm³/mol. The summed E-state index contributed by atoms with van der Waals surface area (Å²) >= 11 is 4.14.